The van der Waals surface area contributed by atoms with Crippen molar-refractivity contribution in [3.63, 3.8) is 0 Å². The van der Waals surface area contributed by atoms with E-state index in [1.54, 1.807) is 28.4 Å². The van der Waals surface area contributed by atoms with Crippen molar-refractivity contribution in [2.45, 2.75) is 39.7 Å². The summed E-state index contributed by atoms with van der Waals surface area (Å²) in [5.41, 5.74) is 2.88. The number of nitrogens with zero attached hydrogens (tertiary/aromatic N) is 2. The summed E-state index contributed by atoms with van der Waals surface area (Å²) >= 11 is 1.68. The Balaban J connectivity index is 1.50. The van der Waals surface area contributed by atoms with Crippen LogP contribution in [-0.4, -0.2) is 48.0 Å². The van der Waals surface area contributed by atoms with Gasteiger partial charge in [0.05, 0.1) is 6.04 Å². The number of hydrogen-bond donors (Lipinski definition) is 1. The molecule has 1 aromatic heterocycles. The number of aryl methyl sites for hydroxylation is 1. The summed E-state index contributed by atoms with van der Waals surface area (Å²) in [6.07, 6.45) is 1.67. The maximum atomic E-state index is 13.7. The van der Waals surface area contributed by atoms with Crippen LogP contribution in [0, 0.1) is 18.7 Å². The number of thiophene rings is 1. The molecule has 2 aromatic carbocycles. The lowest BCUT2D eigenvalue weighted by Crippen LogP contribution is -2.49. The quantitative estimate of drug-likeness (QED) is 0.359. The van der Waals surface area contributed by atoms with E-state index in [0.717, 1.165) is 24.0 Å². The zero-order valence-corrected chi connectivity index (χ0v) is 22.4. The third-order valence-electron chi connectivity index (χ3n) is 6.78. The van der Waals surface area contributed by atoms with Crippen molar-refractivity contribution in [1.29, 1.82) is 0 Å². The lowest BCUT2D eigenvalue weighted by atomic mass is 10.00. The number of urea groups is 1. The van der Waals surface area contributed by atoms with Crippen molar-refractivity contribution >= 4 is 29.0 Å². The van der Waals surface area contributed by atoms with E-state index in [-0.39, 0.29) is 42.9 Å². The van der Waals surface area contributed by atoms with E-state index in [2.05, 4.69) is 19.2 Å². The Morgan fingerprint density at radius 3 is 2.59 bits per heavy atom. The number of halogens is 1. The fraction of sp³-hybridized carbons (Fsp3) is 0.379. The third kappa shape index (κ3) is 6.89. The van der Waals surface area contributed by atoms with E-state index in [4.69, 9.17) is 4.74 Å². The van der Waals surface area contributed by atoms with E-state index in [9.17, 15) is 14.0 Å². The molecule has 0 saturated heterocycles. The van der Waals surface area contributed by atoms with E-state index >= 15 is 0 Å². The second kappa shape index (κ2) is 12.2. The highest BCUT2D eigenvalue weighted by Crippen LogP contribution is 2.34. The highest BCUT2D eigenvalue weighted by molar-refractivity contribution is 7.10. The monoisotopic (exact) mass is 523 g/mol. The summed E-state index contributed by atoms with van der Waals surface area (Å²) < 4.78 is 19.3. The van der Waals surface area contributed by atoms with E-state index < -0.39 is 0 Å². The van der Waals surface area contributed by atoms with Gasteiger partial charge in [0.2, 0.25) is 5.91 Å². The van der Waals surface area contributed by atoms with Gasteiger partial charge in [0.15, 0.2) is 0 Å². The lowest BCUT2D eigenvalue weighted by Gasteiger charge is -2.37. The molecule has 0 saturated carbocycles. The van der Waals surface area contributed by atoms with Crippen molar-refractivity contribution in [3.05, 3.63) is 81.8 Å². The van der Waals surface area contributed by atoms with Crippen LogP contribution < -0.4 is 10.1 Å². The number of hydrogen-bond acceptors (Lipinski definition) is 4. The molecule has 2 atom stereocenters. The highest BCUT2D eigenvalue weighted by atomic mass is 32.1. The molecule has 3 aromatic rings. The number of carbonyl (C=O) groups is 2. The van der Waals surface area contributed by atoms with Crippen LogP contribution in [0.5, 0.6) is 5.75 Å². The van der Waals surface area contributed by atoms with E-state index in [1.165, 1.54) is 17.0 Å². The number of anilines is 1. The first-order valence-electron chi connectivity index (χ1n) is 12.7. The molecule has 1 aliphatic rings. The molecular weight excluding hydrogens is 489 g/mol. The van der Waals surface area contributed by atoms with Crippen molar-refractivity contribution < 1.29 is 18.7 Å². The Morgan fingerprint density at radius 1 is 1.16 bits per heavy atom. The van der Waals surface area contributed by atoms with Crippen molar-refractivity contribution in [3.8, 4) is 5.75 Å². The molecule has 0 radical (unpaired) electrons. The summed E-state index contributed by atoms with van der Waals surface area (Å²) in [6.45, 7) is 7.42. The highest BCUT2D eigenvalue weighted by Gasteiger charge is 2.33. The average Bonchev–Trinajstić information content (AvgIpc) is 3.38. The molecule has 196 valence electrons. The minimum absolute atomic E-state index is 0.0193. The van der Waals surface area contributed by atoms with Crippen LogP contribution in [-0.2, 0) is 11.2 Å². The van der Waals surface area contributed by atoms with Gasteiger partial charge in [-0.05, 0) is 72.7 Å². The number of carbonyl (C=O) groups excluding carboxylic acids is 2. The topological polar surface area (TPSA) is 61.9 Å². The molecule has 3 amide bonds. The second-order valence-corrected chi connectivity index (χ2v) is 10.6. The Hall–Kier alpha value is -3.39. The SMILES string of the molecule is CCC(C)CN(CC(=O)N1CCc2sccc2C1COc1ccc(F)cc1)C(=O)Nc1ccc(C)cc1. The Morgan fingerprint density at radius 2 is 1.89 bits per heavy atom. The minimum atomic E-state index is -0.327. The van der Waals surface area contributed by atoms with Crippen LogP contribution in [0.2, 0.25) is 0 Å². The predicted molar refractivity (Wildman–Crippen MR) is 146 cm³/mol. The molecule has 2 unspecified atom stereocenters. The number of rotatable bonds is 9. The van der Waals surface area contributed by atoms with E-state index in [1.807, 2.05) is 47.5 Å². The molecule has 0 spiro atoms. The summed E-state index contributed by atoms with van der Waals surface area (Å²) in [5.74, 6) is 0.352. The van der Waals surface area contributed by atoms with Gasteiger partial charge in [-0.15, -0.1) is 11.3 Å². The number of ether oxygens (including phenoxy) is 1. The van der Waals surface area contributed by atoms with Crippen LogP contribution in [0.3, 0.4) is 0 Å². The summed E-state index contributed by atoms with van der Waals surface area (Å²) in [5, 5.41) is 4.98. The van der Waals surface area contributed by atoms with Gasteiger partial charge in [0, 0.05) is 23.7 Å². The number of amides is 3. The van der Waals surface area contributed by atoms with Crippen LogP contribution >= 0.6 is 11.3 Å². The molecule has 0 aliphatic carbocycles. The van der Waals surface area contributed by atoms with Gasteiger partial charge in [-0.3, -0.25) is 4.79 Å². The van der Waals surface area contributed by atoms with Gasteiger partial charge in [-0.2, -0.15) is 0 Å². The maximum Gasteiger partial charge on any atom is 0.322 e. The summed E-state index contributed by atoms with van der Waals surface area (Å²) in [4.78, 5) is 31.6. The largest absolute Gasteiger partial charge is 0.491 e. The minimum Gasteiger partial charge on any atom is -0.491 e. The Labute approximate surface area is 222 Å². The molecule has 0 fully saturated rings. The van der Waals surface area contributed by atoms with Crippen LogP contribution in [0.25, 0.3) is 0 Å². The smallest absolute Gasteiger partial charge is 0.322 e. The van der Waals surface area contributed by atoms with Gasteiger partial charge in [0.1, 0.15) is 24.7 Å². The molecule has 2 heterocycles. The van der Waals surface area contributed by atoms with Gasteiger partial charge < -0.3 is 19.9 Å². The van der Waals surface area contributed by atoms with Crippen molar-refractivity contribution in [2.24, 2.45) is 5.92 Å². The zero-order valence-electron chi connectivity index (χ0n) is 21.6. The standard InChI is InChI=1S/C29H34FN3O3S/c1-4-20(2)17-32(29(35)31-23-9-5-21(3)6-10-23)18-28(34)33-15-13-27-25(14-16-37-27)26(33)19-36-24-11-7-22(30)8-12-24/h5-12,14,16,20,26H,4,13,15,17-19H2,1-3H3,(H,31,35). The molecule has 8 heteroatoms. The Kier molecular flexibility index (Phi) is 8.82. The Bertz CT molecular complexity index is 1200. The molecule has 1 N–H and O–H groups in total. The van der Waals surface area contributed by atoms with E-state index in [0.29, 0.717) is 24.5 Å². The summed E-state index contributed by atoms with van der Waals surface area (Å²) in [6, 6.07) is 15.0. The maximum absolute atomic E-state index is 13.7. The van der Waals surface area contributed by atoms with Crippen molar-refractivity contribution in [2.75, 3.05) is 31.6 Å². The van der Waals surface area contributed by atoms with Gasteiger partial charge in [-0.25, -0.2) is 9.18 Å². The van der Waals surface area contributed by atoms with Crippen LogP contribution in [0.4, 0.5) is 14.9 Å². The molecule has 4 rings (SSSR count). The van der Waals surface area contributed by atoms with Gasteiger partial charge in [0.25, 0.3) is 0 Å². The average molecular weight is 524 g/mol. The third-order valence-corrected chi connectivity index (χ3v) is 7.78. The lowest BCUT2D eigenvalue weighted by molar-refractivity contribution is -0.135. The number of nitrogens with one attached hydrogen (secondary N) is 1. The first kappa shape index (κ1) is 26.7. The molecule has 6 nitrogen and oxygen atoms in total. The van der Waals surface area contributed by atoms with Gasteiger partial charge in [-0.1, -0.05) is 38.0 Å². The van der Waals surface area contributed by atoms with Crippen molar-refractivity contribution in [1.82, 2.24) is 9.80 Å². The fourth-order valence-electron chi connectivity index (χ4n) is 4.40. The molecular formula is C29H34FN3O3S. The number of benzene rings is 2. The second-order valence-electron chi connectivity index (χ2n) is 9.61. The fourth-order valence-corrected chi connectivity index (χ4v) is 5.33. The zero-order chi connectivity index (χ0) is 26.4. The molecule has 37 heavy (non-hydrogen) atoms. The van der Waals surface area contributed by atoms with Gasteiger partial charge >= 0.3 is 6.03 Å². The molecule has 0 bridgehead atoms. The van der Waals surface area contributed by atoms with Crippen LogP contribution in [0.1, 0.15) is 42.3 Å². The van der Waals surface area contributed by atoms with Crippen LogP contribution in [0.15, 0.2) is 60.0 Å². The number of fused-ring (bicyclic) bond motifs is 1. The first-order valence-corrected chi connectivity index (χ1v) is 13.6. The normalized spacial score (nSPS) is 15.6. The first-order chi connectivity index (χ1) is 17.8. The molecule has 1 aliphatic heterocycles. The summed E-state index contributed by atoms with van der Waals surface area (Å²) in [7, 11) is 0. The predicted octanol–water partition coefficient (Wildman–Crippen LogP) is 6.28.